The Morgan fingerprint density at radius 1 is 1.65 bits per heavy atom. The number of anilines is 1. The van der Waals surface area contributed by atoms with Crippen molar-refractivity contribution < 1.29 is 14.5 Å². The van der Waals surface area contributed by atoms with Crippen molar-refractivity contribution >= 4 is 33.3 Å². The maximum absolute atomic E-state index is 11.0. The predicted molar refractivity (Wildman–Crippen MR) is 74.2 cm³/mol. The molecule has 9 heteroatoms. The third kappa shape index (κ3) is 3.42. The number of carbonyl (C=O) groups is 1. The summed E-state index contributed by atoms with van der Waals surface area (Å²) in [5, 5.41) is 13.6. The van der Waals surface area contributed by atoms with Crippen LogP contribution in [0.4, 0.5) is 11.5 Å². The highest BCUT2D eigenvalue weighted by Crippen LogP contribution is 2.25. The summed E-state index contributed by atoms with van der Waals surface area (Å²) in [7, 11) is 0. The van der Waals surface area contributed by atoms with Gasteiger partial charge in [-0.15, -0.1) is 0 Å². The van der Waals surface area contributed by atoms with Gasteiger partial charge >= 0.3 is 0 Å². The molecule has 8 nitrogen and oxygen atoms in total. The van der Waals surface area contributed by atoms with Crippen molar-refractivity contribution in [3.05, 3.63) is 26.9 Å². The Balaban J connectivity index is 1.92. The number of carbonyl (C=O) groups excluding carboxylic acids is 1. The summed E-state index contributed by atoms with van der Waals surface area (Å²) in [6, 6.07) is 1.37. The smallest absolute Gasteiger partial charge is 0.288 e. The molecule has 2 unspecified atom stereocenters. The van der Waals surface area contributed by atoms with Crippen LogP contribution in [-0.4, -0.2) is 34.6 Å². The molecule has 1 saturated heterocycles. The minimum Gasteiger partial charge on any atom is -0.367 e. The number of amides is 1. The van der Waals surface area contributed by atoms with E-state index in [1.54, 1.807) is 0 Å². The summed E-state index contributed by atoms with van der Waals surface area (Å²) in [4.78, 5) is 25.0. The van der Waals surface area contributed by atoms with Gasteiger partial charge in [0.25, 0.3) is 5.69 Å². The van der Waals surface area contributed by atoms with Crippen molar-refractivity contribution in [3.8, 4) is 0 Å². The highest BCUT2D eigenvalue weighted by molar-refractivity contribution is 9.10. The largest absolute Gasteiger partial charge is 0.367 e. The summed E-state index contributed by atoms with van der Waals surface area (Å²) in [6.45, 7) is 0.452. The molecule has 1 aromatic rings. The first-order valence-electron chi connectivity index (χ1n) is 5.96. The second-order valence-corrected chi connectivity index (χ2v) is 5.24. The molecule has 1 aliphatic rings. The number of ether oxygens (including phenoxy) is 1. The molecule has 0 aliphatic carbocycles. The first-order valence-corrected chi connectivity index (χ1v) is 6.75. The molecule has 0 saturated carbocycles. The average molecular weight is 345 g/mol. The molecule has 1 aromatic heterocycles. The Hall–Kier alpha value is -1.74. The van der Waals surface area contributed by atoms with Gasteiger partial charge in [-0.1, -0.05) is 0 Å². The lowest BCUT2D eigenvalue weighted by Gasteiger charge is -2.13. The zero-order chi connectivity index (χ0) is 14.7. The number of rotatable bonds is 5. The summed E-state index contributed by atoms with van der Waals surface area (Å²) in [5.41, 5.74) is 5.08. The van der Waals surface area contributed by atoms with E-state index >= 15 is 0 Å². The molecule has 2 rings (SSSR count). The van der Waals surface area contributed by atoms with E-state index < -0.39 is 16.9 Å². The van der Waals surface area contributed by atoms with Crippen molar-refractivity contribution in [2.75, 3.05) is 11.9 Å². The first-order chi connectivity index (χ1) is 9.47. The number of nitrogens with two attached hydrogens (primary N) is 1. The molecule has 2 heterocycles. The van der Waals surface area contributed by atoms with E-state index in [9.17, 15) is 14.9 Å². The Morgan fingerprint density at radius 2 is 2.40 bits per heavy atom. The van der Waals surface area contributed by atoms with Gasteiger partial charge in [0, 0.05) is 12.6 Å². The van der Waals surface area contributed by atoms with E-state index in [-0.39, 0.29) is 11.8 Å². The SMILES string of the molecule is NC(=O)C1CCC(CNc2ncc([N+](=O)[O-])cc2Br)O1. The fourth-order valence-corrected chi connectivity index (χ4v) is 2.41. The van der Waals surface area contributed by atoms with Crippen molar-refractivity contribution in [3.63, 3.8) is 0 Å². The van der Waals surface area contributed by atoms with Gasteiger partial charge in [0.2, 0.25) is 5.91 Å². The predicted octanol–water partition coefficient (Wildman–Crippen LogP) is 1.20. The zero-order valence-corrected chi connectivity index (χ0v) is 12.0. The number of nitrogens with zero attached hydrogens (tertiary/aromatic N) is 2. The van der Waals surface area contributed by atoms with Gasteiger partial charge in [-0.25, -0.2) is 4.98 Å². The lowest BCUT2D eigenvalue weighted by atomic mass is 10.2. The van der Waals surface area contributed by atoms with Gasteiger partial charge in [-0.05, 0) is 28.8 Å². The number of nitrogens with one attached hydrogen (secondary N) is 1. The number of aromatic nitrogens is 1. The molecule has 0 radical (unpaired) electrons. The molecule has 108 valence electrons. The van der Waals surface area contributed by atoms with Gasteiger partial charge < -0.3 is 15.8 Å². The van der Waals surface area contributed by atoms with E-state index in [1.807, 2.05) is 0 Å². The monoisotopic (exact) mass is 344 g/mol. The van der Waals surface area contributed by atoms with Crippen LogP contribution in [0.1, 0.15) is 12.8 Å². The van der Waals surface area contributed by atoms with Gasteiger partial charge in [0.1, 0.15) is 18.1 Å². The van der Waals surface area contributed by atoms with Crippen LogP contribution in [0, 0.1) is 10.1 Å². The Kier molecular flexibility index (Phi) is 4.50. The maximum atomic E-state index is 11.0. The molecule has 1 amide bonds. The second kappa shape index (κ2) is 6.14. The Labute approximate surface area is 123 Å². The molecular weight excluding hydrogens is 332 g/mol. The lowest BCUT2D eigenvalue weighted by molar-refractivity contribution is -0.385. The fourth-order valence-electron chi connectivity index (χ4n) is 1.93. The minimum atomic E-state index is -0.532. The number of primary amides is 1. The standard InChI is InChI=1S/C11H13BrN4O4/c12-8-3-6(16(18)19)4-14-11(8)15-5-7-1-2-9(20-7)10(13)17/h3-4,7,9H,1-2,5H2,(H2,13,17)(H,14,15). The second-order valence-electron chi connectivity index (χ2n) is 4.39. The van der Waals surface area contributed by atoms with Crippen molar-refractivity contribution in [2.45, 2.75) is 25.0 Å². The molecule has 1 fully saturated rings. The maximum Gasteiger partial charge on any atom is 0.288 e. The van der Waals surface area contributed by atoms with E-state index in [1.165, 1.54) is 12.3 Å². The Morgan fingerprint density at radius 3 is 2.95 bits per heavy atom. The van der Waals surface area contributed by atoms with Crippen LogP contribution in [0.2, 0.25) is 0 Å². The highest BCUT2D eigenvalue weighted by Gasteiger charge is 2.29. The van der Waals surface area contributed by atoms with Crippen LogP contribution >= 0.6 is 15.9 Å². The van der Waals surface area contributed by atoms with Crippen molar-refractivity contribution in [1.82, 2.24) is 4.98 Å². The van der Waals surface area contributed by atoms with E-state index in [4.69, 9.17) is 10.5 Å². The van der Waals surface area contributed by atoms with Gasteiger partial charge in [-0.3, -0.25) is 14.9 Å². The van der Waals surface area contributed by atoms with Crippen molar-refractivity contribution in [2.24, 2.45) is 5.73 Å². The number of pyridine rings is 1. The minimum absolute atomic E-state index is 0.0895. The summed E-state index contributed by atoms with van der Waals surface area (Å²) < 4.78 is 5.95. The molecule has 0 bridgehead atoms. The first kappa shape index (κ1) is 14.7. The van der Waals surface area contributed by atoms with Gasteiger partial charge in [0.05, 0.1) is 15.5 Å². The van der Waals surface area contributed by atoms with Gasteiger partial charge in [0.15, 0.2) is 0 Å². The molecule has 2 atom stereocenters. The Bertz CT molecular complexity index is 539. The quantitative estimate of drug-likeness (QED) is 0.611. The number of halogens is 1. The molecule has 1 aliphatic heterocycles. The van der Waals surface area contributed by atoms with E-state index in [0.717, 1.165) is 6.42 Å². The topological polar surface area (TPSA) is 120 Å². The molecule has 0 aromatic carbocycles. The number of hydrogen-bond donors (Lipinski definition) is 2. The van der Waals surface area contributed by atoms with Crippen LogP contribution in [0.15, 0.2) is 16.7 Å². The zero-order valence-electron chi connectivity index (χ0n) is 10.4. The van der Waals surface area contributed by atoms with Crippen LogP contribution in [0.5, 0.6) is 0 Å². The van der Waals surface area contributed by atoms with Crippen LogP contribution in [0.25, 0.3) is 0 Å². The van der Waals surface area contributed by atoms with Crippen LogP contribution < -0.4 is 11.1 Å². The molecule has 3 N–H and O–H groups in total. The molecule has 20 heavy (non-hydrogen) atoms. The third-order valence-electron chi connectivity index (χ3n) is 2.96. The number of hydrogen-bond acceptors (Lipinski definition) is 6. The van der Waals surface area contributed by atoms with Crippen LogP contribution in [-0.2, 0) is 9.53 Å². The highest BCUT2D eigenvalue weighted by atomic mass is 79.9. The summed E-state index contributed by atoms with van der Waals surface area (Å²) in [5.74, 6) is 0.0314. The third-order valence-corrected chi connectivity index (χ3v) is 3.56. The molecular formula is C11H13BrN4O4. The summed E-state index contributed by atoms with van der Waals surface area (Å²) in [6.07, 6.45) is 1.85. The van der Waals surface area contributed by atoms with E-state index in [0.29, 0.717) is 23.3 Å². The summed E-state index contributed by atoms with van der Waals surface area (Å²) >= 11 is 3.22. The normalized spacial score (nSPS) is 21.6. The fraction of sp³-hybridized carbons (Fsp3) is 0.455. The van der Waals surface area contributed by atoms with Crippen LogP contribution in [0.3, 0.4) is 0 Å². The number of nitro groups is 1. The van der Waals surface area contributed by atoms with Crippen molar-refractivity contribution in [1.29, 1.82) is 0 Å². The molecule has 0 spiro atoms. The average Bonchev–Trinajstić information content (AvgIpc) is 2.86. The van der Waals surface area contributed by atoms with Gasteiger partial charge in [-0.2, -0.15) is 0 Å². The van der Waals surface area contributed by atoms with E-state index in [2.05, 4.69) is 26.2 Å². The lowest BCUT2D eigenvalue weighted by Crippen LogP contribution is -2.30.